The number of nitrogens with one attached hydrogen (secondary N) is 1. The van der Waals surface area contributed by atoms with Crippen molar-refractivity contribution in [1.82, 2.24) is 4.98 Å². The molecule has 0 radical (unpaired) electrons. The van der Waals surface area contributed by atoms with Crippen molar-refractivity contribution < 1.29 is 23.0 Å². The zero-order valence-corrected chi connectivity index (χ0v) is 16.6. The first-order valence-electron chi connectivity index (χ1n) is 8.05. The first-order chi connectivity index (χ1) is 13.5. The molecule has 28 heavy (non-hydrogen) atoms. The number of amides is 1. The lowest BCUT2D eigenvalue weighted by molar-refractivity contribution is -0.113. The summed E-state index contributed by atoms with van der Waals surface area (Å²) >= 11 is 2.40. The van der Waals surface area contributed by atoms with Crippen LogP contribution >= 0.6 is 23.1 Å². The number of methoxy groups -OCH3 is 2. The monoisotopic (exact) mass is 422 g/mol. The van der Waals surface area contributed by atoms with Gasteiger partial charge in [0.2, 0.25) is 5.91 Å². The van der Waals surface area contributed by atoms with Crippen LogP contribution in [0, 0.1) is 11.6 Å². The molecular weight excluding hydrogens is 406 g/mol. The Kier molecular flexibility index (Phi) is 6.48. The fraction of sp³-hybridized carbons (Fsp3) is 0.158. The molecule has 2 aromatic carbocycles. The minimum Gasteiger partial charge on any atom is -0.493 e. The van der Waals surface area contributed by atoms with E-state index >= 15 is 0 Å². The summed E-state index contributed by atoms with van der Waals surface area (Å²) < 4.78 is 36.6. The number of hydrogen-bond donors (Lipinski definition) is 1. The van der Waals surface area contributed by atoms with Crippen LogP contribution < -0.4 is 14.8 Å². The summed E-state index contributed by atoms with van der Waals surface area (Å²) in [6, 6.07) is 8.95. The van der Waals surface area contributed by atoms with Gasteiger partial charge < -0.3 is 14.8 Å². The number of carbonyl (C=O) groups is 1. The number of aromatic nitrogens is 1. The van der Waals surface area contributed by atoms with Crippen molar-refractivity contribution >= 4 is 34.1 Å². The van der Waals surface area contributed by atoms with Crippen LogP contribution in [0.4, 0.5) is 13.9 Å². The van der Waals surface area contributed by atoms with Gasteiger partial charge in [-0.1, -0.05) is 0 Å². The molecular formula is C19H16F2N2O3S2. The van der Waals surface area contributed by atoms with Gasteiger partial charge in [-0.05, 0) is 36.4 Å². The van der Waals surface area contributed by atoms with E-state index in [0.717, 1.165) is 29.5 Å². The number of carbonyl (C=O) groups excluding carboxylic acids is 1. The standard InChI is InChI=1S/C19H16F2N2O3S2/c1-25-16-6-3-11(7-17(16)26-2)15-9-28-19(22-15)23-18(24)10-27-12-4-5-13(20)14(21)8-12/h3-9H,10H2,1-2H3,(H,22,23,24). The van der Waals surface area contributed by atoms with Gasteiger partial charge in [0.25, 0.3) is 0 Å². The number of halogens is 2. The summed E-state index contributed by atoms with van der Waals surface area (Å²) in [5.74, 6) is -0.894. The second-order valence-corrected chi connectivity index (χ2v) is 7.43. The van der Waals surface area contributed by atoms with E-state index in [1.807, 2.05) is 11.4 Å². The Morgan fingerprint density at radius 2 is 1.89 bits per heavy atom. The van der Waals surface area contributed by atoms with Crippen molar-refractivity contribution in [2.45, 2.75) is 4.90 Å². The Labute approximate surface area is 168 Å². The summed E-state index contributed by atoms with van der Waals surface area (Å²) in [4.78, 5) is 17.0. The number of rotatable bonds is 7. The maximum absolute atomic E-state index is 13.2. The number of ether oxygens (including phenoxy) is 2. The normalized spacial score (nSPS) is 10.6. The van der Waals surface area contributed by atoms with E-state index in [1.54, 1.807) is 26.4 Å². The first-order valence-corrected chi connectivity index (χ1v) is 9.92. The fourth-order valence-electron chi connectivity index (χ4n) is 2.33. The van der Waals surface area contributed by atoms with E-state index in [1.165, 1.54) is 17.4 Å². The number of anilines is 1. The molecule has 0 saturated heterocycles. The zero-order chi connectivity index (χ0) is 20.1. The fourth-order valence-corrected chi connectivity index (χ4v) is 3.79. The average Bonchev–Trinajstić information content (AvgIpc) is 3.16. The van der Waals surface area contributed by atoms with Gasteiger partial charge in [-0.2, -0.15) is 0 Å². The van der Waals surface area contributed by atoms with Crippen molar-refractivity contribution in [3.8, 4) is 22.8 Å². The Bertz CT molecular complexity index is 995. The predicted octanol–water partition coefficient (Wildman–Crippen LogP) is 4.84. The maximum atomic E-state index is 13.2. The van der Waals surface area contributed by atoms with Crippen molar-refractivity contribution in [1.29, 1.82) is 0 Å². The van der Waals surface area contributed by atoms with Crippen molar-refractivity contribution in [3.63, 3.8) is 0 Å². The van der Waals surface area contributed by atoms with Crippen LogP contribution in [-0.4, -0.2) is 30.9 Å². The van der Waals surface area contributed by atoms with E-state index in [9.17, 15) is 13.6 Å². The van der Waals surface area contributed by atoms with Crippen LogP contribution in [0.1, 0.15) is 0 Å². The highest BCUT2D eigenvalue weighted by Gasteiger charge is 2.12. The lowest BCUT2D eigenvalue weighted by Gasteiger charge is -2.08. The van der Waals surface area contributed by atoms with E-state index < -0.39 is 11.6 Å². The molecule has 0 aliphatic rings. The molecule has 5 nitrogen and oxygen atoms in total. The van der Waals surface area contributed by atoms with Gasteiger partial charge in [-0.15, -0.1) is 23.1 Å². The molecule has 1 aromatic heterocycles. The molecule has 0 saturated carbocycles. The Hall–Kier alpha value is -2.65. The Morgan fingerprint density at radius 3 is 2.61 bits per heavy atom. The zero-order valence-electron chi connectivity index (χ0n) is 15.0. The smallest absolute Gasteiger partial charge is 0.236 e. The van der Waals surface area contributed by atoms with E-state index in [-0.39, 0.29) is 11.7 Å². The quantitative estimate of drug-likeness (QED) is 0.553. The molecule has 0 bridgehead atoms. The molecule has 3 rings (SSSR count). The SMILES string of the molecule is COc1ccc(-c2csc(NC(=O)CSc3ccc(F)c(F)c3)n2)cc1OC. The largest absolute Gasteiger partial charge is 0.493 e. The van der Waals surface area contributed by atoms with Gasteiger partial charge in [0, 0.05) is 15.8 Å². The number of nitrogens with zero attached hydrogens (tertiary/aromatic N) is 1. The van der Waals surface area contributed by atoms with Gasteiger partial charge >= 0.3 is 0 Å². The van der Waals surface area contributed by atoms with Gasteiger partial charge in [0.05, 0.1) is 25.7 Å². The second-order valence-electron chi connectivity index (χ2n) is 5.52. The molecule has 0 spiro atoms. The predicted molar refractivity (Wildman–Crippen MR) is 106 cm³/mol. The highest BCUT2D eigenvalue weighted by Crippen LogP contribution is 2.33. The summed E-state index contributed by atoms with van der Waals surface area (Å²) in [6.45, 7) is 0. The topological polar surface area (TPSA) is 60.5 Å². The molecule has 9 heteroatoms. The third kappa shape index (κ3) is 4.79. The van der Waals surface area contributed by atoms with E-state index in [0.29, 0.717) is 27.2 Å². The summed E-state index contributed by atoms with van der Waals surface area (Å²) in [5, 5.41) is 4.97. The molecule has 1 heterocycles. The van der Waals surface area contributed by atoms with Crippen LogP contribution in [0.25, 0.3) is 11.3 Å². The second kappa shape index (κ2) is 9.03. The Morgan fingerprint density at radius 1 is 1.11 bits per heavy atom. The van der Waals surface area contributed by atoms with Crippen LogP contribution in [0.15, 0.2) is 46.7 Å². The van der Waals surface area contributed by atoms with Gasteiger partial charge in [0.15, 0.2) is 28.3 Å². The molecule has 3 aromatic rings. The highest BCUT2D eigenvalue weighted by molar-refractivity contribution is 8.00. The molecule has 0 unspecified atom stereocenters. The van der Waals surface area contributed by atoms with Crippen molar-refractivity contribution in [3.05, 3.63) is 53.4 Å². The number of hydrogen-bond acceptors (Lipinski definition) is 6. The van der Waals surface area contributed by atoms with E-state index in [4.69, 9.17) is 9.47 Å². The molecule has 0 aliphatic carbocycles. The molecule has 1 N–H and O–H groups in total. The van der Waals surface area contributed by atoms with Gasteiger partial charge in [0.1, 0.15) is 0 Å². The Balaban J connectivity index is 1.62. The molecule has 1 amide bonds. The minimum absolute atomic E-state index is 0.0519. The number of thioether (sulfide) groups is 1. The van der Waals surface area contributed by atoms with Crippen LogP contribution in [-0.2, 0) is 4.79 Å². The van der Waals surface area contributed by atoms with Crippen LogP contribution in [0.3, 0.4) is 0 Å². The average molecular weight is 422 g/mol. The molecule has 0 atom stereocenters. The third-order valence-electron chi connectivity index (χ3n) is 3.69. The lowest BCUT2D eigenvalue weighted by atomic mass is 10.1. The summed E-state index contributed by atoms with van der Waals surface area (Å²) in [5.41, 5.74) is 1.51. The van der Waals surface area contributed by atoms with E-state index in [2.05, 4.69) is 10.3 Å². The molecule has 0 fully saturated rings. The summed E-state index contributed by atoms with van der Waals surface area (Å²) in [7, 11) is 3.12. The number of thiazole rings is 1. The minimum atomic E-state index is -0.940. The van der Waals surface area contributed by atoms with Crippen LogP contribution in [0.5, 0.6) is 11.5 Å². The van der Waals surface area contributed by atoms with Gasteiger partial charge in [-0.25, -0.2) is 13.8 Å². The molecule has 0 aliphatic heterocycles. The third-order valence-corrected chi connectivity index (χ3v) is 5.44. The number of benzene rings is 2. The maximum Gasteiger partial charge on any atom is 0.236 e. The van der Waals surface area contributed by atoms with Crippen molar-refractivity contribution in [2.75, 3.05) is 25.3 Å². The first kappa shape index (κ1) is 20.1. The van der Waals surface area contributed by atoms with Crippen molar-refractivity contribution in [2.24, 2.45) is 0 Å². The molecule has 146 valence electrons. The lowest BCUT2D eigenvalue weighted by Crippen LogP contribution is -2.13. The van der Waals surface area contributed by atoms with Gasteiger partial charge in [-0.3, -0.25) is 4.79 Å². The summed E-state index contributed by atoms with van der Waals surface area (Å²) in [6.07, 6.45) is 0. The highest BCUT2D eigenvalue weighted by atomic mass is 32.2. The van der Waals surface area contributed by atoms with Crippen LogP contribution in [0.2, 0.25) is 0 Å².